The molecule has 0 unspecified atom stereocenters. The first kappa shape index (κ1) is 17.3. The van der Waals surface area contributed by atoms with E-state index in [1.807, 2.05) is 12.1 Å². The Hall–Kier alpha value is -1.48. The summed E-state index contributed by atoms with van der Waals surface area (Å²) in [5.74, 6) is -0.109. The Morgan fingerprint density at radius 1 is 1.33 bits per heavy atom. The molecule has 5 nitrogen and oxygen atoms in total. The van der Waals surface area contributed by atoms with Crippen molar-refractivity contribution in [3.8, 4) is 0 Å². The molecule has 1 aliphatic heterocycles. The van der Waals surface area contributed by atoms with E-state index in [1.165, 1.54) is 13.1 Å². The third kappa shape index (κ3) is 3.46. The SMILES string of the molecule is CNS(=O)(=O)c1ccc2c(c1)CCN2C(=O)/C=C/c1ccc(Br)s1. The normalized spacial score (nSPS) is 14.3. The van der Waals surface area contributed by atoms with E-state index in [1.54, 1.807) is 40.5 Å². The lowest BCUT2D eigenvalue weighted by atomic mass is 10.2. The van der Waals surface area contributed by atoms with Crippen LogP contribution in [-0.2, 0) is 21.2 Å². The number of anilines is 1. The van der Waals surface area contributed by atoms with Crippen LogP contribution in [0.1, 0.15) is 10.4 Å². The van der Waals surface area contributed by atoms with Crippen LogP contribution in [0.15, 0.2) is 45.1 Å². The maximum absolute atomic E-state index is 12.4. The van der Waals surface area contributed by atoms with Crippen LogP contribution in [0.4, 0.5) is 5.69 Å². The first-order chi connectivity index (χ1) is 11.4. The van der Waals surface area contributed by atoms with Gasteiger partial charge in [-0.25, -0.2) is 13.1 Å². The van der Waals surface area contributed by atoms with Crippen molar-refractivity contribution in [3.63, 3.8) is 0 Å². The van der Waals surface area contributed by atoms with Gasteiger partial charge in [-0.15, -0.1) is 11.3 Å². The number of amides is 1. The highest BCUT2D eigenvalue weighted by Gasteiger charge is 2.25. The Morgan fingerprint density at radius 3 is 2.79 bits per heavy atom. The van der Waals surface area contributed by atoms with Gasteiger partial charge in [-0.2, -0.15) is 0 Å². The Morgan fingerprint density at radius 2 is 2.12 bits per heavy atom. The number of carbonyl (C=O) groups is 1. The van der Waals surface area contributed by atoms with Crippen LogP contribution in [-0.4, -0.2) is 27.9 Å². The third-order valence-electron chi connectivity index (χ3n) is 3.78. The maximum Gasteiger partial charge on any atom is 0.251 e. The molecule has 3 rings (SSSR count). The van der Waals surface area contributed by atoms with Crippen molar-refractivity contribution in [1.29, 1.82) is 0 Å². The topological polar surface area (TPSA) is 66.5 Å². The van der Waals surface area contributed by atoms with E-state index >= 15 is 0 Å². The van der Waals surface area contributed by atoms with Crippen LogP contribution in [0, 0.1) is 0 Å². The zero-order valence-electron chi connectivity index (χ0n) is 12.8. The van der Waals surface area contributed by atoms with Crippen molar-refractivity contribution in [3.05, 3.63) is 50.6 Å². The molecule has 2 heterocycles. The van der Waals surface area contributed by atoms with Gasteiger partial charge in [-0.3, -0.25) is 4.79 Å². The second kappa shape index (κ2) is 6.79. The van der Waals surface area contributed by atoms with Gasteiger partial charge in [0.2, 0.25) is 10.0 Å². The minimum Gasteiger partial charge on any atom is -0.308 e. The third-order valence-corrected chi connectivity index (χ3v) is 6.78. The molecule has 0 spiro atoms. The van der Waals surface area contributed by atoms with Gasteiger partial charge < -0.3 is 4.90 Å². The fourth-order valence-corrected chi connectivity index (χ4v) is 4.66. The van der Waals surface area contributed by atoms with Crippen molar-refractivity contribution < 1.29 is 13.2 Å². The summed E-state index contributed by atoms with van der Waals surface area (Å²) in [6.45, 7) is 0.551. The minimum atomic E-state index is -3.47. The molecule has 0 saturated carbocycles. The molecule has 1 aliphatic rings. The van der Waals surface area contributed by atoms with E-state index in [2.05, 4.69) is 20.7 Å². The van der Waals surface area contributed by atoms with E-state index in [-0.39, 0.29) is 10.8 Å². The summed E-state index contributed by atoms with van der Waals surface area (Å²) >= 11 is 4.94. The molecular weight excluding hydrogens is 412 g/mol. The summed E-state index contributed by atoms with van der Waals surface area (Å²) in [4.78, 5) is 15.3. The lowest BCUT2D eigenvalue weighted by Gasteiger charge is -2.15. The van der Waals surface area contributed by atoms with Gasteiger partial charge in [0, 0.05) is 23.2 Å². The molecule has 0 saturated heterocycles. The van der Waals surface area contributed by atoms with Crippen molar-refractivity contribution in [2.24, 2.45) is 0 Å². The zero-order valence-corrected chi connectivity index (χ0v) is 16.0. The van der Waals surface area contributed by atoms with Crippen LogP contribution in [0.2, 0.25) is 0 Å². The van der Waals surface area contributed by atoms with Crippen molar-refractivity contribution >= 4 is 55.0 Å². The predicted octanol–water partition coefficient (Wildman–Crippen LogP) is 3.02. The number of sulfonamides is 1. The fourth-order valence-electron chi connectivity index (χ4n) is 2.55. The summed E-state index contributed by atoms with van der Waals surface area (Å²) in [7, 11) is -2.09. The standard InChI is InChI=1S/C16H15BrN2O3S2/c1-18-24(21,22)13-4-5-14-11(10-13)8-9-19(14)16(20)7-3-12-2-6-15(17)23-12/h2-7,10,18H,8-9H2,1H3/b7-3+. The van der Waals surface area contributed by atoms with Gasteiger partial charge in [0.15, 0.2) is 0 Å². The number of carbonyl (C=O) groups excluding carboxylic acids is 1. The van der Waals surface area contributed by atoms with Crippen LogP contribution < -0.4 is 9.62 Å². The molecule has 0 fully saturated rings. The van der Waals surface area contributed by atoms with E-state index in [9.17, 15) is 13.2 Å². The Kier molecular flexibility index (Phi) is 4.91. The van der Waals surface area contributed by atoms with Gasteiger partial charge in [0.1, 0.15) is 0 Å². The summed E-state index contributed by atoms with van der Waals surface area (Å²) in [5, 5.41) is 0. The molecule has 0 aliphatic carbocycles. The monoisotopic (exact) mass is 426 g/mol. The number of rotatable bonds is 4. The molecule has 8 heteroatoms. The van der Waals surface area contributed by atoms with Gasteiger partial charge in [-0.1, -0.05) is 0 Å². The van der Waals surface area contributed by atoms with Gasteiger partial charge in [-0.05, 0) is 71.4 Å². The maximum atomic E-state index is 12.4. The molecule has 1 aromatic heterocycles. The Balaban J connectivity index is 1.82. The second-order valence-electron chi connectivity index (χ2n) is 5.21. The molecule has 0 bridgehead atoms. The van der Waals surface area contributed by atoms with E-state index in [4.69, 9.17) is 0 Å². The number of hydrogen-bond acceptors (Lipinski definition) is 4. The highest BCUT2D eigenvalue weighted by atomic mass is 79.9. The minimum absolute atomic E-state index is 0.109. The lowest BCUT2D eigenvalue weighted by molar-refractivity contribution is -0.114. The van der Waals surface area contributed by atoms with Crippen LogP contribution in [0.25, 0.3) is 6.08 Å². The number of nitrogens with one attached hydrogen (secondary N) is 1. The highest BCUT2D eigenvalue weighted by molar-refractivity contribution is 9.11. The Labute approximate surface area is 153 Å². The van der Waals surface area contributed by atoms with E-state index in [0.29, 0.717) is 13.0 Å². The lowest BCUT2D eigenvalue weighted by Crippen LogP contribution is -2.26. The molecule has 126 valence electrons. The Bertz CT molecular complexity index is 919. The molecule has 1 N–H and O–H groups in total. The number of benzene rings is 1. The quantitative estimate of drug-likeness (QED) is 0.763. The largest absolute Gasteiger partial charge is 0.308 e. The number of halogens is 1. The first-order valence-corrected chi connectivity index (χ1v) is 10.3. The molecule has 2 aromatic rings. The van der Waals surface area contributed by atoms with Crippen molar-refractivity contribution in [1.82, 2.24) is 4.72 Å². The number of thiophene rings is 1. The molecule has 0 atom stereocenters. The van der Waals surface area contributed by atoms with Gasteiger partial charge in [0.05, 0.1) is 8.68 Å². The fraction of sp³-hybridized carbons (Fsp3) is 0.188. The number of hydrogen-bond donors (Lipinski definition) is 1. The summed E-state index contributed by atoms with van der Waals surface area (Å²) in [5.41, 5.74) is 1.64. The number of fused-ring (bicyclic) bond motifs is 1. The number of nitrogens with zero attached hydrogens (tertiary/aromatic N) is 1. The van der Waals surface area contributed by atoms with E-state index < -0.39 is 10.0 Å². The molecule has 24 heavy (non-hydrogen) atoms. The second-order valence-corrected chi connectivity index (χ2v) is 9.59. The first-order valence-electron chi connectivity index (χ1n) is 7.22. The van der Waals surface area contributed by atoms with Crippen LogP contribution in [0.3, 0.4) is 0 Å². The van der Waals surface area contributed by atoms with Crippen molar-refractivity contribution in [2.45, 2.75) is 11.3 Å². The average Bonchev–Trinajstić information content (AvgIpc) is 3.18. The van der Waals surface area contributed by atoms with Crippen molar-refractivity contribution in [2.75, 3.05) is 18.5 Å². The average molecular weight is 427 g/mol. The molecular formula is C16H15BrN2O3S2. The highest BCUT2D eigenvalue weighted by Crippen LogP contribution is 2.30. The van der Waals surface area contributed by atoms with E-state index in [0.717, 1.165) is 19.9 Å². The zero-order chi connectivity index (χ0) is 17.3. The molecule has 0 radical (unpaired) electrons. The van der Waals surface area contributed by atoms with Crippen LogP contribution >= 0.6 is 27.3 Å². The van der Waals surface area contributed by atoms with Gasteiger partial charge in [0.25, 0.3) is 5.91 Å². The van der Waals surface area contributed by atoms with Crippen LogP contribution in [0.5, 0.6) is 0 Å². The molecule has 1 amide bonds. The molecule has 1 aromatic carbocycles. The summed E-state index contributed by atoms with van der Waals surface area (Å²) in [6, 6.07) is 8.72. The van der Waals surface area contributed by atoms with Gasteiger partial charge >= 0.3 is 0 Å². The smallest absolute Gasteiger partial charge is 0.251 e. The predicted molar refractivity (Wildman–Crippen MR) is 99.8 cm³/mol. The summed E-state index contributed by atoms with van der Waals surface area (Å²) in [6.07, 6.45) is 3.98. The summed E-state index contributed by atoms with van der Waals surface area (Å²) < 4.78 is 27.1.